The maximum absolute atomic E-state index is 13.1. The first kappa shape index (κ1) is 27.6. The summed E-state index contributed by atoms with van der Waals surface area (Å²) < 4.78 is 27.6. The Bertz CT molecular complexity index is 1320. The molecule has 0 radical (unpaired) electrons. The first-order valence-corrected chi connectivity index (χ1v) is 12.6. The second-order valence-electron chi connectivity index (χ2n) is 10.0. The maximum atomic E-state index is 13.1. The fraction of sp³-hybridized carbons (Fsp3) is 0.333. The van der Waals surface area contributed by atoms with Gasteiger partial charge >= 0.3 is 0 Å². The summed E-state index contributed by atoms with van der Waals surface area (Å²) in [5.74, 6) is 1.83. The third-order valence-corrected chi connectivity index (χ3v) is 6.39. The SMILES string of the molecule is COc1cc(C(=O)Nc2ccc3c(c2)N(CCOc2ccc(C(C)(C)C)cc2)C(=O)CO3)cc(OC)c1OC. The Morgan fingerprint density at radius 2 is 1.62 bits per heavy atom. The van der Waals surface area contributed by atoms with E-state index in [9.17, 15) is 9.59 Å². The van der Waals surface area contributed by atoms with Crippen molar-refractivity contribution in [3.8, 4) is 28.7 Å². The third-order valence-electron chi connectivity index (χ3n) is 6.39. The first-order valence-electron chi connectivity index (χ1n) is 12.6. The van der Waals surface area contributed by atoms with Crippen LogP contribution in [0.25, 0.3) is 0 Å². The van der Waals surface area contributed by atoms with Gasteiger partial charge in [-0.2, -0.15) is 0 Å². The lowest BCUT2D eigenvalue weighted by molar-refractivity contribution is -0.121. The lowest BCUT2D eigenvalue weighted by Crippen LogP contribution is -2.41. The number of carbonyl (C=O) groups is 2. The second-order valence-corrected chi connectivity index (χ2v) is 10.0. The number of fused-ring (bicyclic) bond motifs is 1. The molecule has 0 bridgehead atoms. The van der Waals surface area contributed by atoms with Crippen molar-refractivity contribution in [2.75, 3.05) is 51.3 Å². The summed E-state index contributed by atoms with van der Waals surface area (Å²) in [6.07, 6.45) is 0. The number of anilines is 2. The fourth-order valence-electron chi connectivity index (χ4n) is 4.25. The first-order chi connectivity index (χ1) is 18.6. The zero-order chi connectivity index (χ0) is 28.2. The zero-order valence-corrected chi connectivity index (χ0v) is 23.1. The molecule has 9 nitrogen and oxygen atoms in total. The van der Waals surface area contributed by atoms with Crippen LogP contribution in [0.5, 0.6) is 28.7 Å². The van der Waals surface area contributed by atoms with Crippen molar-refractivity contribution in [2.45, 2.75) is 26.2 Å². The van der Waals surface area contributed by atoms with E-state index in [0.29, 0.717) is 53.1 Å². The van der Waals surface area contributed by atoms with Crippen molar-refractivity contribution in [1.82, 2.24) is 0 Å². The summed E-state index contributed by atoms with van der Waals surface area (Å²) in [4.78, 5) is 27.4. The van der Waals surface area contributed by atoms with Gasteiger partial charge in [0.05, 0.1) is 33.6 Å². The van der Waals surface area contributed by atoms with Gasteiger partial charge in [0, 0.05) is 11.3 Å². The van der Waals surface area contributed by atoms with Gasteiger partial charge in [-0.1, -0.05) is 32.9 Å². The zero-order valence-electron chi connectivity index (χ0n) is 23.1. The van der Waals surface area contributed by atoms with Crippen LogP contribution in [0.4, 0.5) is 11.4 Å². The van der Waals surface area contributed by atoms with Gasteiger partial charge in [-0.3, -0.25) is 9.59 Å². The summed E-state index contributed by atoms with van der Waals surface area (Å²) in [6, 6.07) is 16.3. The molecule has 0 unspecified atom stereocenters. The summed E-state index contributed by atoms with van der Waals surface area (Å²) >= 11 is 0. The van der Waals surface area contributed by atoms with Crippen molar-refractivity contribution in [1.29, 1.82) is 0 Å². The lowest BCUT2D eigenvalue weighted by Gasteiger charge is -2.29. The molecule has 0 saturated carbocycles. The Morgan fingerprint density at radius 3 is 2.21 bits per heavy atom. The molecule has 9 heteroatoms. The number of rotatable bonds is 9. The second kappa shape index (κ2) is 11.6. The molecule has 39 heavy (non-hydrogen) atoms. The van der Waals surface area contributed by atoms with Gasteiger partial charge in [-0.25, -0.2) is 0 Å². The van der Waals surface area contributed by atoms with E-state index < -0.39 is 0 Å². The van der Waals surface area contributed by atoms with Crippen LogP contribution >= 0.6 is 0 Å². The molecular formula is C30H34N2O7. The average molecular weight is 535 g/mol. The summed E-state index contributed by atoms with van der Waals surface area (Å²) in [5, 5.41) is 2.87. The topological polar surface area (TPSA) is 95.6 Å². The van der Waals surface area contributed by atoms with Crippen LogP contribution in [-0.4, -0.2) is 52.9 Å². The highest BCUT2D eigenvalue weighted by atomic mass is 16.5. The fourth-order valence-corrected chi connectivity index (χ4v) is 4.25. The largest absolute Gasteiger partial charge is 0.493 e. The van der Waals surface area contributed by atoms with E-state index in [1.807, 2.05) is 24.3 Å². The highest BCUT2D eigenvalue weighted by Crippen LogP contribution is 2.39. The minimum Gasteiger partial charge on any atom is -0.493 e. The van der Waals surface area contributed by atoms with Crippen LogP contribution in [-0.2, 0) is 10.2 Å². The molecule has 0 aliphatic carbocycles. The third kappa shape index (κ3) is 6.19. The number of nitrogens with zero attached hydrogens (tertiary/aromatic N) is 1. The van der Waals surface area contributed by atoms with E-state index in [1.165, 1.54) is 26.9 Å². The molecule has 1 aliphatic rings. The van der Waals surface area contributed by atoms with Crippen molar-refractivity contribution in [3.63, 3.8) is 0 Å². The molecule has 0 aromatic heterocycles. The molecule has 0 fully saturated rings. The number of amides is 2. The quantitative estimate of drug-likeness (QED) is 0.410. The molecule has 0 saturated heterocycles. The Labute approximate surface area is 228 Å². The van der Waals surface area contributed by atoms with E-state index in [1.54, 1.807) is 35.2 Å². The van der Waals surface area contributed by atoms with Crippen LogP contribution in [0.15, 0.2) is 54.6 Å². The van der Waals surface area contributed by atoms with E-state index in [4.69, 9.17) is 23.7 Å². The van der Waals surface area contributed by atoms with Crippen LogP contribution in [0.1, 0.15) is 36.7 Å². The number of carbonyl (C=O) groups excluding carboxylic acids is 2. The average Bonchev–Trinajstić information content (AvgIpc) is 2.93. The van der Waals surface area contributed by atoms with Gasteiger partial charge in [0.15, 0.2) is 18.1 Å². The molecule has 1 N–H and O–H groups in total. The van der Waals surface area contributed by atoms with Gasteiger partial charge < -0.3 is 33.9 Å². The van der Waals surface area contributed by atoms with Crippen LogP contribution in [0.3, 0.4) is 0 Å². The van der Waals surface area contributed by atoms with Gasteiger partial charge in [0.2, 0.25) is 5.75 Å². The monoisotopic (exact) mass is 534 g/mol. The van der Waals surface area contributed by atoms with E-state index in [-0.39, 0.29) is 23.8 Å². The Morgan fingerprint density at radius 1 is 0.949 bits per heavy atom. The molecule has 2 amide bonds. The number of methoxy groups -OCH3 is 3. The van der Waals surface area contributed by atoms with E-state index in [0.717, 1.165) is 5.75 Å². The molecule has 1 heterocycles. The highest BCUT2D eigenvalue weighted by Gasteiger charge is 2.26. The van der Waals surface area contributed by atoms with Crippen LogP contribution < -0.4 is 33.9 Å². The normalized spacial score (nSPS) is 12.8. The van der Waals surface area contributed by atoms with Gasteiger partial charge in [-0.15, -0.1) is 0 Å². The Hall–Kier alpha value is -4.40. The number of benzene rings is 3. The Kier molecular flexibility index (Phi) is 8.18. The molecular weight excluding hydrogens is 500 g/mol. The number of nitrogens with one attached hydrogen (secondary N) is 1. The van der Waals surface area contributed by atoms with Gasteiger partial charge in [0.1, 0.15) is 18.1 Å². The predicted molar refractivity (Wildman–Crippen MR) is 149 cm³/mol. The standard InChI is InChI=1S/C30H34N2O7/c1-30(2,3)20-7-10-22(11-8-20)38-14-13-32-23-17-21(9-12-24(23)39-18-27(32)33)31-29(34)19-15-25(35-4)28(37-6)26(16-19)36-5/h7-12,15-17H,13-14,18H2,1-6H3,(H,31,34). The molecule has 1 aliphatic heterocycles. The molecule has 0 atom stereocenters. The van der Waals surface area contributed by atoms with Crippen molar-refractivity contribution in [2.24, 2.45) is 0 Å². The van der Waals surface area contributed by atoms with Crippen molar-refractivity contribution < 1.29 is 33.3 Å². The predicted octanol–water partition coefficient (Wildman–Crippen LogP) is 5.07. The van der Waals surface area contributed by atoms with Crippen LogP contribution in [0.2, 0.25) is 0 Å². The molecule has 0 spiro atoms. The lowest BCUT2D eigenvalue weighted by atomic mass is 9.87. The summed E-state index contributed by atoms with van der Waals surface area (Å²) in [7, 11) is 4.47. The molecule has 3 aromatic carbocycles. The van der Waals surface area contributed by atoms with Crippen molar-refractivity contribution in [3.05, 3.63) is 65.7 Å². The maximum Gasteiger partial charge on any atom is 0.265 e. The smallest absolute Gasteiger partial charge is 0.265 e. The highest BCUT2D eigenvalue weighted by molar-refractivity contribution is 6.06. The molecule has 3 aromatic rings. The minimum absolute atomic E-state index is 0.0566. The molecule has 206 valence electrons. The summed E-state index contributed by atoms with van der Waals surface area (Å²) in [5.41, 5.74) is 2.64. The number of hydrogen-bond donors (Lipinski definition) is 1. The number of ether oxygens (including phenoxy) is 5. The Balaban J connectivity index is 1.48. The van der Waals surface area contributed by atoms with E-state index in [2.05, 4.69) is 26.1 Å². The van der Waals surface area contributed by atoms with E-state index >= 15 is 0 Å². The minimum atomic E-state index is -0.383. The molecule has 4 rings (SSSR count). The number of hydrogen-bond acceptors (Lipinski definition) is 7. The van der Waals surface area contributed by atoms with Crippen LogP contribution in [0, 0.1) is 0 Å². The summed E-state index contributed by atoms with van der Waals surface area (Å²) in [6.45, 7) is 7.02. The van der Waals surface area contributed by atoms with Gasteiger partial charge in [0.25, 0.3) is 11.8 Å². The van der Waals surface area contributed by atoms with Gasteiger partial charge in [-0.05, 0) is 53.4 Å². The van der Waals surface area contributed by atoms with Crippen molar-refractivity contribution >= 4 is 23.2 Å².